The van der Waals surface area contributed by atoms with E-state index >= 15 is 0 Å². The lowest BCUT2D eigenvalue weighted by Gasteiger charge is -2.27. The van der Waals surface area contributed by atoms with Gasteiger partial charge in [0.15, 0.2) is 0 Å². The molecule has 0 heterocycles. The molecule has 2 aromatic rings. The highest BCUT2D eigenvalue weighted by atomic mass is 14.9. The monoisotopic (exact) mass is 225 g/mol. The predicted molar refractivity (Wildman–Crippen MR) is 72.7 cm³/mol. The molecule has 0 aromatic heterocycles. The molecule has 0 radical (unpaired) electrons. The van der Waals surface area contributed by atoms with Crippen LogP contribution in [0.1, 0.15) is 25.0 Å². The topological polar surface area (TPSA) is 12.0 Å². The summed E-state index contributed by atoms with van der Waals surface area (Å²) in [5, 5.41) is 3.59. The molecule has 88 valence electrons. The summed E-state index contributed by atoms with van der Waals surface area (Å²) in [6.45, 7) is 5.32. The van der Waals surface area contributed by atoms with Crippen LogP contribution >= 0.6 is 0 Å². The first-order valence-electron chi connectivity index (χ1n) is 6.03. The van der Waals surface area contributed by atoms with E-state index in [0.29, 0.717) is 0 Å². The van der Waals surface area contributed by atoms with Gasteiger partial charge in [-0.3, -0.25) is 0 Å². The zero-order chi connectivity index (χ0) is 12.1. The molecule has 0 atom stereocenters. The largest absolute Gasteiger partial charge is 0.304 e. The Morgan fingerprint density at radius 3 is 1.94 bits per heavy atom. The van der Waals surface area contributed by atoms with Crippen LogP contribution in [0.25, 0.3) is 0 Å². The van der Waals surface area contributed by atoms with Crippen molar-refractivity contribution in [2.75, 3.05) is 0 Å². The van der Waals surface area contributed by atoms with Crippen molar-refractivity contribution in [2.24, 2.45) is 0 Å². The standard InChI is InChI=1S/C16H19N/c1-16(2,15-11-7-4-8-12-15)17-13-14-9-5-3-6-10-14/h3-12,17H,13H2,1-2H3. The minimum atomic E-state index is -0.00288. The highest BCUT2D eigenvalue weighted by Gasteiger charge is 2.18. The SMILES string of the molecule is CC(C)(NCc1ccccc1)c1ccccc1. The van der Waals surface area contributed by atoms with Gasteiger partial charge in [0.05, 0.1) is 0 Å². The van der Waals surface area contributed by atoms with Crippen LogP contribution in [0.4, 0.5) is 0 Å². The van der Waals surface area contributed by atoms with Gasteiger partial charge in [-0.05, 0) is 25.0 Å². The van der Waals surface area contributed by atoms with Gasteiger partial charge < -0.3 is 5.32 Å². The van der Waals surface area contributed by atoms with Gasteiger partial charge in [-0.15, -0.1) is 0 Å². The summed E-state index contributed by atoms with van der Waals surface area (Å²) in [6, 6.07) is 21.0. The van der Waals surface area contributed by atoms with Crippen LogP contribution in [0.15, 0.2) is 60.7 Å². The molecule has 0 aliphatic rings. The Kier molecular flexibility index (Phi) is 3.60. The van der Waals surface area contributed by atoms with Crippen molar-refractivity contribution in [3.8, 4) is 0 Å². The fourth-order valence-electron chi connectivity index (χ4n) is 1.88. The normalized spacial score (nSPS) is 11.4. The second-order valence-corrected chi connectivity index (χ2v) is 4.83. The van der Waals surface area contributed by atoms with Gasteiger partial charge >= 0.3 is 0 Å². The molecule has 2 rings (SSSR count). The molecule has 0 saturated carbocycles. The summed E-state index contributed by atoms with van der Waals surface area (Å²) in [6.07, 6.45) is 0. The summed E-state index contributed by atoms with van der Waals surface area (Å²) < 4.78 is 0. The third-order valence-corrected chi connectivity index (χ3v) is 3.07. The molecule has 2 aromatic carbocycles. The van der Waals surface area contributed by atoms with Crippen molar-refractivity contribution in [3.63, 3.8) is 0 Å². The minimum absolute atomic E-state index is 0.00288. The Morgan fingerprint density at radius 1 is 0.824 bits per heavy atom. The minimum Gasteiger partial charge on any atom is -0.304 e. The molecule has 0 aliphatic heterocycles. The van der Waals surface area contributed by atoms with Crippen LogP contribution in [-0.2, 0) is 12.1 Å². The van der Waals surface area contributed by atoms with Gasteiger partial charge in [0.1, 0.15) is 0 Å². The van der Waals surface area contributed by atoms with Crippen LogP contribution in [0.5, 0.6) is 0 Å². The van der Waals surface area contributed by atoms with E-state index < -0.39 is 0 Å². The van der Waals surface area contributed by atoms with E-state index in [1.165, 1.54) is 11.1 Å². The van der Waals surface area contributed by atoms with Crippen molar-refractivity contribution >= 4 is 0 Å². The highest BCUT2D eigenvalue weighted by Crippen LogP contribution is 2.19. The van der Waals surface area contributed by atoms with Gasteiger partial charge in [0.25, 0.3) is 0 Å². The second-order valence-electron chi connectivity index (χ2n) is 4.83. The first kappa shape index (κ1) is 11.9. The summed E-state index contributed by atoms with van der Waals surface area (Å²) >= 11 is 0. The maximum Gasteiger partial charge on any atom is 0.0380 e. The van der Waals surface area contributed by atoms with Crippen molar-refractivity contribution in [2.45, 2.75) is 25.9 Å². The average Bonchev–Trinajstić information content (AvgIpc) is 2.39. The Balaban J connectivity index is 2.03. The van der Waals surface area contributed by atoms with Crippen molar-refractivity contribution in [1.82, 2.24) is 5.32 Å². The van der Waals surface area contributed by atoms with Gasteiger partial charge in [-0.25, -0.2) is 0 Å². The molecule has 0 fully saturated rings. The molecule has 1 heteroatoms. The van der Waals surface area contributed by atoms with Crippen molar-refractivity contribution in [3.05, 3.63) is 71.8 Å². The fraction of sp³-hybridized carbons (Fsp3) is 0.250. The summed E-state index contributed by atoms with van der Waals surface area (Å²) in [4.78, 5) is 0. The third-order valence-electron chi connectivity index (χ3n) is 3.07. The Bertz CT molecular complexity index is 445. The Morgan fingerprint density at radius 2 is 1.35 bits per heavy atom. The lowest BCUT2D eigenvalue weighted by atomic mass is 9.94. The predicted octanol–water partition coefficient (Wildman–Crippen LogP) is 3.71. The van der Waals surface area contributed by atoms with E-state index in [1.807, 2.05) is 6.07 Å². The smallest absolute Gasteiger partial charge is 0.0380 e. The number of nitrogens with one attached hydrogen (secondary N) is 1. The van der Waals surface area contributed by atoms with E-state index in [0.717, 1.165) is 6.54 Å². The molecule has 0 spiro atoms. The van der Waals surface area contributed by atoms with E-state index in [4.69, 9.17) is 0 Å². The summed E-state index contributed by atoms with van der Waals surface area (Å²) in [7, 11) is 0. The van der Waals surface area contributed by atoms with E-state index in [1.54, 1.807) is 0 Å². The molecule has 0 amide bonds. The lowest BCUT2D eigenvalue weighted by molar-refractivity contribution is 0.401. The molecular weight excluding hydrogens is 206 g/mol. The summed E-state index contributed by atoms with van der Waals surface area (Å²) in [5.74, 6) is 0. The zero-order valence-electron chi connectivity index (χ0n) is 10.5. The maximum absolute atomic E-state index is 3.59. The van der Waals surface area contributed by atoms with Gasteiger partial charge in [0, 0.05) is 12.1 Å². The molecule has 17 heavy (non-hydrogen) atoms. The van der Waals surface area contributed by atoms with E-state index in [9.17, 15) is 0 Å². The summed E-state index contributed by atoms with van der Waals surface area (Å²) in [5.41, 5.74) is 2.63. The average molecular weight is 225 g/mol. The maximum atomic E-state index is 3.59. The lowest BCUT2D eigenvalue weighted by Crippen LogP contribution is -2.35. The van der Waals surface area contributed by atoms with Crippen LogP contribution in [0.3, 0.4) is 0 Å². The molecule has 0 aliphatic carbocycles. The number of hydrogen-bond donors (Lipinski definition) is 1. The number of rotatable bonds is 4. The molecule has 0 bridgehead atoms. The first-order valence-corrected chi connectivity index (χ1v) is 6.03. The van der Waals surface area contributed by atoms with Crippen LogP contribution in [0.2, 0.25) is 0 Å². The Labute approximate surface area is 103 Å². The van der Waals surface area contributed by atoms with Crippen LogP contribution in [0, 0.1) is 0 Å². The molecule has 1 N–H and O–H groups in total. The Hall–Kier alpha value is -1.60. The van der Waals surface area contributed by atoms with Gasteiger partial charge in [0.2, 0.25) is 0 Å². The molecular formula is C16H19N. The number of benzene rings is 2. The highest BCUT2D eigenvalue weighted by molar-refractivity contribution is 5.23. The van der Waals surface area contributed by atoms with Gasteiger partial charge in [-0.1, -0.05) is 60.7 Å². The molecule has 0 unspecified atom stereocenters. The first-order chi connectivity index (χ1) is 8.18. The zero-order valence-corrected chi connectivity index (χ0v) is 10.5. The quantitative estimate of drug-likeness (QED) is 0.836. The second kappa shape index (κ2) is 5.15. The van der Waals surface area contributed by atoms with Crippen molar-refractivity contribution < 1.29 is 0 Å². The van der Waals surface area contributed by atoms with Gasteiger partial charge in [-0.2, -0.15) is 0 Å². The fourth-order valence-corrected chi connectivity index (χ4v) is 1.88. The molecule has 0 saturated heterocycles. The molecule has 1 nitrogen and oxygen atoms in total. The van der Waals surface area contributed by atoms with Crippen LogP contribution in [-0.4, -0.2) is 0 Å². The van der Waals surface area contributed by atoms with Crippen LogP contribution < -0.4 is 5.32 Å². The van der Waals surface area contributed by atoms with E-state index in [2.05, 4.69) is 73.8 Å². The third kappa shape index (κ3) is 3.18. The van der Waals surface area contributed by atoms with Crippen molar-refractivity contribution in [1.29, 1.82) is 0 Å². The number of hydrogen-bond acceptors (Lipinski definition) is 1. The van der Waals surface area contributed by atoms with E-state index in [-0.39, 0.29) is 5.54 Å².